The highest BCUT2D eigenvalue weighted by Crippen LogP contribution is 2.23. The van der Waals surface area contributed by atoms with E-state index in [1.165, 1.54) is 0 Å². The van der Waals surface area contributed by atoms with Gasteiger partial charge in [0.05, 0.1) is 5.56 Å². The molecule has 98 valence electrons. The molecule has 2 nitrogen and oxygen atoms in total. The average Bonchev–Trinajstić information content (AvgIpc) is 2.38. The normalized spacial score (nSPS) is 10.3. The summed E-state index contributed by atoms with van der Waals surface area (Å²) < 4.78 is 2.00. The fraction of sp³-hybridized carbons (Fsp3) is 0.0714. The van der Waals surface area contributed by atoms with Gasteiger partial charge < -0.3 is 5.32 Å². The molecule has 0 saturated carbocycles. The third kappa shape index (κ3) is 3.61. The molecule has 1 N–H and O–H groups in total. The number of halogens is 3. The van der Waals surface area contributed by atoms with Crippen molar-refractivity contribution in [1.29, 1.82) is 0 Å². The molecule has 5 heteroatoms. The van der Waals surface area contributed by atoms with Crippen LogP contribution < -0.4 is 5.32 Å². The van der Waals surface area contributed by atoms with Crippen molar-refractivity contribution in [3.63, 3.8) is 0 Å². The van der Waals surface area contributed by atoms with Crippen LogP contribution in [0.1, 0.15) is 15.9 Å². The second kappa shape index (κ2) is 6.41. The van der Waals surface area contributed by atoms with Crippen molar-refractivity contribution in [2.24, 2.45) is 0 Å². The summed E-state index contributed by atoms with van der Waals surface area (Å²) in [7, 11) is 0. The molecule has 2 aromatic carbocycles. The van der Waals surface area contributed by atoms with Gasteiger partial charge in [-0.25, -0.2) is 0 Å². The summed E-state index contributed by atoms with van der Waals surface area (Å²) in [4.78, 5) is 12.3. The maximum absolute atomic E-state index is 12.3. The van der Waals surface area contributed by atoms with Gasteiger partial charge >= 0.3 is 0 Å². The Bertz CT molecular complexity index is 643. The Morgan fingerprint density at radius 3 is 2.63 bits per heavy atom. The topological polar surface area (TPSA) is 29.1 Å². The van der Waals surface area contributed by atoms with E-state index in [1.54, 1.807) is 12.1 Å². The highest BCUT2D eigenvalue weighted by atomic mass is 127. The minimum atomic E-state index is -0.142. The minimum absolute atomic E-state index is 0.142. The molecule has 0 aromatic heterocycles. The molecule has 0 saturated heterocycles. The summed E-state index contributed by atoms with van der Waals surface area (Å²) >= 11 is 10.3. The zero-order valence-electron chi connectivity index (χ0n) is 10.0. The average molecular weight is 498 g/mol. The Balaban J connectivity index is 2.31. The molecule has 0 heterocycles. The zero-order chi connectivity index (χ0) is 14.0. The summed E-state index contributed by atoms with van der Waals surface area (Å²) in [6.07, 6.45) is 0. The molecule has 0 unspecified atom stereocenters. The van der Waals surface area contributed by atoms with E-state index in [1.807, 2.05) is 31.2 Å². The van der Waals surface area contributed by atoms with E-state index in [4.69, 9.17) is 11.6 Å². The Morgan fingerprint density at radius 2 is 1.89 bits per heavy atom. The van der Waals surface area contributed by atoms with Gasteiger partial charge in [-0.15, -0.1) is 0 Å². The van der Waals surface area contributed by atoms with Gasteiger partial charge in [-0.2, -0.15) is 0 Å². The van der Waals surface area contributed by atoms with Crippen LogP contribution in [0.3, 0.4) is 0 Å². The highest BCUT2D eigenvalue weighted by molar-refractivity contribution is 14.1. The number of nitrogens with one attached hydrogen (secondary N) is 1. The van der Waals surface area contributed by atoms with Crippen LogP contribution in [-0.2, 0) is 0 Å². The lowest BCUT2D eigenvalue weighted by molar-refractivity contribution is 0.102. The quantitative estimate of drug-likeness (QED) is 0.575. The molecule has 0 spiro atoms. The van der Waals surface area contributed by atoms with Crippen molar-refractivity contribution in [1.82, 2.24) is 0 Å². The molecular weight excluding hydrogens is 487 g/mol. The van der Waals surface area contributed by atoms with Gasteiger partial charge in [0.15, 0.2) is 0 Å². The predicted molar refractivity (Wildman–Crippen MR) is 96.0 cm³/mol. The monoisotopic (exact) mass is 497 g/mol. The fourth-order valence-electron chi connectivity index (χ4n) is 1.60. The van der Waals surface area contributed by atoms with E-state index in [9.17, 15) is 4.79 Å². The zero-order valence-corrected chi connectivity index (χ0v) is 15.1. The van der Waals surface area contributed by atoms with E-state index in [2.05, 4.69) is 50.5 Å². The first-order valence-electron chi connectivity index (χ1n) is 5.50. The molecule has 0 fully saturated rings. The van der Waals surface area contributed by atoms with Crippen LogP contribution in [0.2, 0.25) is 5.02 Å². The van der Waals surface area contributed by atoms with Gasteiger partial charge in [0.25, 0.3) is 5.91 Å². The SMILES string of the molecule is Cc1c(I)cccc1NC(=O)c1cc(Cl)ccc1I. The second-order valence-corrected chi connectivity index (χ2v) is 6.75. The predicted octanol–water partition coefficient (Wildman–Crippen LogP) is 5.11. The van der Waals surface area contributed by atoms with E-state index >= 15 is 0 Å². The first-order chi connectivity index (χ1) is 8.99. The number of carbonyl (C=O) groups is 1. The third-order valence-electron chi connectivity index (χ3n) is 2.69. The standard InChI is InChI=1S/C14H10ClI2NO/c1-8-11(16)3-2-4-13(8)18-14(19)10-7-9(15)5-6-12(10)17/h2-7H,1H3,(H,18,19). The van der Waals surface area contributed by atoms with Gasteiger partial charge in [-0.3, -0.25) is 4.79 Å². The number of anilines is 1. The molecule has 0 aliphatic rings. The maximum atomic E-state index is 12.3. The molecule has 0 bridgehead atoms. The van der Waals surface area contributed by atoms with Crippen LogP contribution >= 0.6 is 56.8 Å². The number of rotatable bonds is 2. The lowest BCUT2D eigenvalue weighted by atomic mass is 10.1. The Morgan fingerprint density at radius 1 is 1.16 bits per heavy atom. The first kappa shape index (κ1) is 15.1. The smallest absolute Gasteiger partial charge is 0.256 e. The summed E-state index contributed by atoms with van der Waals surface area (Å²) in [5.41, 5.74) is 2.48. The first-order valence-corrected chi connectivity index (χ1v) is 8.04. The van der Waals surface area contributed by atoms with Crippen molar-refractivity contribution < 1.29 is 4.79 Å². The van der Waals surface area contributed by atoms with Crippen LogP contribution in [-0.4, -0.2) is 5.91 Å². The lowest BCUT2D eigenvalue weighted by Gasteiger charge is -2.10. The summed E-state index contributed by atoms with van der Waals surface area (Å²) in [6.45, 7) is 1.99. The summed E-state index contributed by atoms with van der Waals surface area (Å²) in [5, 5.41) is 3.49. The van der Waals surface area contributed by atoms with E-state index in [0.29, 0.717) is 10.6 Å². The Labute approximate surface area is 144 Å². The number of hydrogen-bond donors (Lipinski definition) is 1. The van der Waals surface area contributed by atoms with Gasteiger partial charge in [0, 0.05) is 17.9 Å². The molecule has 2 aromatic rings. The highest BCUT2D eigenvalue weighted by Gasteiger charge is 2.12. The lowest BCUT2D eigenvalue weighted by Crippen LogP contribution is -2.14. The molecule has 19 heavy (non-hydrogen) atoms. The summed E-state index contributed by atoms with van der Waals surface area (Å²) in [5.74, 6) is -0.142. The molecule has 2 rings (SSSR count). The fourth-order valence-corrected chi connectivity index (χ4v) is 2.85. The van der Waals surface area contributed by atoms with Crippen LogP contribution in [0.15, 0.2) is 36.4 Å². The molecule has 0 radical (unpaired) electrons. The second-order valence-electron chi connectivity index (χ2n) is 3.99. The van der Waals surface area contributed by atoms with E-state index in [-0.39, 0.29) is 5.91 Å². The van der Waals surface area contributed by atoms with Crippen molar-refractivity contribution in [3.05, 3.63) is 59.7 Å². The van der Waals surface area contributed by atoms with Gasteiger partial charge in [-0.05, 0) is 88.0 Å². The van der Waals surface area contributed by atoms with Crippen LogP contribution in [0.25, 0.3) is 0 Å². The minimum Gasteiger partial charge on any atom is -0.322 e. The molecule has 0 atom stereocenters. The number of amides is 1. The summed E-state index contributed by atoms with van der Waals surface area (Å²) in [6, 6.07) is 11.1. The van der Waals surface area contributed by atoms with Gasteiger partial charge in [-0.1, -0.05) is 17.7 Å². The third-order valence-corrected chi connectivity index (χ3v) is 5.03. The van der Waals surface area contributed by atoms with Crippen LogP contribution in [0.5, 0.6) is 0 Å². The largest absolute Gasteiger partial charge is 0.322 e. The van der Waals surface area contributed by atoms with Gasteiger partial charge in [0.1, 0.15) is 0 Å². The van der Waals surface area contributed by atoms with Crippen molar-refractivity contribution in [3.8, 4) is 0 Å². The van der Waals surface area contributed by atoms with Crippen molar-refractivity contribution >= 4 is 68.4 Å². The van der Waals surface area contributed by atoms with Crippen molar-refractivity contribution in [2.45, 2.75) is 6.92 Å². The Kier molecular flexibility index (Phi) is 5.08. The van der Waals surface area contributed by atoms with Gasteiger partial charge in [0.2, 0.25) is 0 Å². The molecule has 0 aliphatic carbocycles. The molecule has 0 aliphatic heterocycles. The van der Waals surface area contributed by atoms with E-state index in [0.717, 1.165) is 18.4 Å². The number of carbonyl (C=O) groups excluding carboxylic acids is 1. The van der Waals surface area contributed by atoms with Crippen LogP contribution in [0, 0.1) is 14.1 Å². The van der Waals surface area contributed by atoms with Crippen molar-refractivity contribution in [2.75, 3.05) is 5.32 Å². The van der Waals surface area contributed by atoms with E-state index < -0.39 is 0 Å². The maximum Gasteiger partial charge on any atom is 0.256 e. The molecule has 1 amide bonds. The number of benzene rings is 2. The Hall–Kier alpha value is -0.340. The van der Waals surface area contributed by atoms with Crippen LogP contribution in [0.4, 0.5) is 5.69 Å². The molecular formula is C14H10ClI2NO. The number of hydrogen-bond acceptors (Lipinski definition) is 1.